The molecule has 39 heavy (non-hydrogen) atoms. The van der Waals surface area contributed by atoms with E-state index in [0.29, 0.717) is 30.2 Å². The Labute approximate surface area is 227 Å². The summed E-state index contributed by atoms with van der Waals surface area (Å²) in [5.74, 6) is 0.681. The largest absolute Gasteiger partial charge is 0.494 e. The summed E-state index contributed by atoms with van der Waals surface area (Å²) in [6.07, 6.45) is 1.65. The molecule has 200 valence electrons. The van der Waals surface area contributed by atoms with E-state index in [1.54, 1.807) is 18.2 Å². The number of azide groups is 1. The lowest BCUT2D eigenvalue weighted by molar-refractivity contribution is -0.128. The van der Waals surface area contributed by atoms with Crippen molar-refractivity contribution in [1.82, 2.24) is 5.32 Å². The second kappa shape index (κ2) is 13.3. The smallest absolute Gasteiger partial charge is 0.252 e. The van der Waals surface area contributed by atoms with Crippen LogP contribution in [0.15, 0.2) is 102 Å². The van der Waals surface area contributed by atoms with Gasteiger partial charge in [0.05, 0.1) is 13.2 Å². The number of aliphatic hydroxyl groups excluding tert-OH is 1. The molecule has 4 rings (SSSR count). The van der Waals surface area contributed by atoms with Crippen LogP contribution in [0.3, 0.4) is 0 Å². The Balaban J connectivity index is 1.81. The molecule has 2 atom stereocenters. The molecule has 3 aromatic rings. The molecule has 0 radical (unpaired) electrons. The summed E-state index contributed by atoms with van der Waals surface area (Å²) in [4.78, 5) is 21.9. The van der Waals surface area contributed by atoms with Crippen molar-refractivity contribution in [3.8, 4) is 5.75 Å². The van der Waals surface area contributed by atoms with Crippen LogP contribution < -0.4 is 10.1 Å². The summed E-state index contributed by atoms with van der Waals surface area (Å²) in [5.41, 5.74) is 10.7. The molecule has 0 saturated heterocycles. The zero-order valence-corrected chi connectivity index (χ0v) is 21.6. The van der Waals surface area contributed by atoms with Crippen LogP contribution in [0.25, 0.3) is 10.4 Å². The van der Waals surface area contributed by atoms with E-state index in [2.05, 4.69) is 21.9 Å². The van der Waals surface area contributed by atoms with Gasteiger partial charge >= 0.3 is 0 Å². The van der Waals surface area contributed by atoms with Crippen molar-refractivity contribution in [3.63, 3.8) is 0 Å². The Morgan fingerprint density at radius 1 is 1.15 bits per heavy atom. The number of amides is 1. The number of carbonyl (C=O) groups excluding carboxylic acids is 1. The van der Waals surface area contributed by atoms with Gasteiger partial charge in [0.15, 0.2) is 11.6 Å². The van der Waals surface area contributed by atoms with E-state index in [0.717, 1.165) is 16.7 Å². The van der Waals surface area contributed by atoms with Crippen LogP contribution in [0, 0.1) is 0 Å². The molecule has 9 nitrogen and oxygen atoms in total. The van der Waals surface area contributed by atoms with E-state index < -0.39 is 11.6 Å². The average Bonchev–Trinajstić information content (AvgIpc) is 3.36. The highest BCUT2D eigenvalue weighted by Crippen LogP contribution is 2.43. The number of hydrogen-bond donors (Lipinski definition) is 2. The highest BCUT2D eigenvalue weighted by atomic mass is 16.5. The monoisotopic (exact) mass is 525 g/mol. The van der Waals surface area contributed by atoms with Gasteiger partial charge in [0.2, 0.25) is 5.90 Å². The highest BCUT2D eigenvalue weighted by Gasteiger charge is 2.53. The molecule has 0 fully saturated rings. The van der Waals surface area contributed by atoms with Gasteiger partial charge in [-0.3, -0.25) is 4.79 Å². The predicted octanol–water partition coefficient (Wildman–Crippen LogP) is 5.06. The van der Waals surface area contributed by atoms with Gasteiger partial charge in [0.25, 0.3) is 5.91 Å². The molecule has 3 aromatic carbocycles. The lowest BCUT2D eigenvalue weighted by Gasteiger charge is -2.31. The minimum absolute atomic E-state index is 0.0582. The maximum absolute atomic E-state index is 13.9. The number of benzene rings is 3. The zero-order chi connectivity index (χ0) is 27.5. The van der Waals surface area contributed by atoms with E-state index >= 15 is 0 Å². The molecular formula is C30H31N5O4. The van der Waals surface area contributed by atoms with Crippen molar-refractivity contribution in [2.45, 2.75) is 31.0 Å². The number of hydrogen-bond acceptors (Lipinski definition) is 6. The molecule has 0 aliphatic carbocycles. The van der Waals surface area contributed by atoms with Crippen molar-refractivity contribution >= 4 is 11.8 Å². The Morgan fingerprint density at radius 2 is 1.90 bits per heavy atom. The predicted molar refractivity (Wildman–Crippen MR) is 149 cm³/mol. The first-order valence-electron chi connectivity index (χ1n) is 12.7. The minimum atomic E-state index is -1.34. The number of aliphatic imine (C=N–C) groups is 1. The van der Waals surface area contributed by atoms with Gasteiger partial charge in [-0.2, -0.15) is 0 Å². The maximum atomic E-state index is 13.9. The second-order valence-electron chi connectivity index (χ2n) is 9.04. The lowest BCUT2D eigenvalue weighted by Crippen LogP contribution is -2.50. The topological polar surface area (TPSA) is 129 Å². The molecule has 0 saturated carbocycles. The zero-order valence-electron chi connectivity index (χ0n) is 21.6. The highest BCUT2D eigenvalue weighted by molar-refractivity contribution is 6.01. The van der Waals surface area contributed by atoms with Gasteiger partial charge in [-0.05, 0) is 46.5 Å². The molecule has 1 heterocycles. The molecular weight excluding hydrogens is 494 g/mol. The molecule has 1 amide bonds. The normalized spacial score (nSPS) is 17.9. The lowest BCUT2D eigenvalue weighted by atomic mass is 9.80. The summed E-state index contributed by atoms with van der Waals surface area (Å²) in [6.45, 7) is 4.58. The van der Waals surface area contributed by atoms with Crippen LogP contribution in [0.4, 0.5) is 0 Å². The van der Waals surface area contributed by atoms with Gasteiger partial charge in [0.1, 0.15) is 5.75 Å². The van der Waals surface area contributed by atoms with Crippen LogP contribution in [0.5, 0.6) is 5.75 Å². The van der Waals surface area contributed by atoms with Crippen LogP contribution in [0.1, 0.15) is 34.8 Å². The molecule has 0 unspecified atom stereocenters. The van der Waals surface area contributed by atoms with Crippen LogP contribution in [-0.4, -0.2) is 42.2 Å². The molecule has 2 N–H and O–H groups in total. The van der Waals surface area contributed by atoms with E-state index in [1.807, 2.05) is 66.7 Å². The van der Waals surface area contributed by atoms with Gasteiger partial charge in [-0.25, -0.2) is 4.99 Å². The van der Waals surface area contributed by atoms with E-state index in [4.69, 9.17) is 25.1 Å². The standard InChI is InChI=1S/C30H31N5O4/c1-2-17-32-29(37)30(20-22-9-4-3-5-10-22)27(26-12-7-6-11-24(26)21-33-35-31)39-28(34-30)23-13-15-25(16-14-23)38-19-8-18-36/h2-7,9-16,27,36H,1,8,17-21H2,(H,32,37)/t27-,30-/m1/s1. The second-order valence-corrected chi connectivity index (χ2v) is 9.04. The number of nitrogens with one attached hydrogen (secondary N) is 1. The Bertz CT molecular complexity index is 1350. The number of carbonyl (C=O) groups is 1. The van der Waals surface area contributed by atoms with E-state index in [-0.39, 0.29) is 32.0 Å². The summed E-state index contributed by atoms with van der Waals surface area (Å²) in [7, 11) is 0. The Hall–Kier alpha value is -4.59. The number of aliphatic hydroxyl groups is 1. The van der Waals surface area contributed by atoms with Crippen LogP contribution >= 0.6 is 0 Å². The average molecular weight is 526 g/mol. The third-order valence-electron chi connectivity index (χ3n) is 6.40. The fourth-order valence-electron chi connectivity index (χ4n) is 4.53. The molecule has 0 spiro atoms. The van der Waals surface area contributed by atoms with Gasteiger partial charge in [-0.15, -0.1) is 6.58 Å². The van der Waals surface area contributed by atoms with Crippen molar-refractivity contribution in [2.24, 2.45) is 10.1 Å². The fourth-order valence-corrected chi connectivity index (χ4v) is 4.53. The summed E-state index contributed by atoms with van der Waals surface area (Å²) < 4.78 is 12.2. The molecule has 9 heteroatoms. The first-order valence-corrected chi connectivity index (χ1v) is 12.7. The first kappa shape index (κ1) is 27.4. The molecule has 0 aromatic heterocycles. The van der Waals surface area contributed by atoms with Crippen molar-refractivity contribution in [3.05, 3.63) is 124 Å². The summed E-state index contributed by atoms with van der Waals surface area (Å²) >= 11 is 0. The maximum Gasteiger partial charge on any atom is 0.252 e. The SMILES string of the molecule is C=CCNC(=O)[C@]1(Cc2ccccc2)N=C(c2ccc(OCCCO)cc2)O[C@@H]1c1ccccc1CN=[N+]=[N-]. The van der Waals surface area contributed by atoms with Crippen molar-refractivity contribution < 1.29 is 19.4 Å². The van der Waals surface area contributed by atoms with Crippen LogP contribution in [0.2, 0.25) is 0 Å². The van der Waals surface area contributed by atoms with E-state index in [9.17, 15) is 4.79 Å². The van der Waals surface area contributed by atoms with E-state index in [1.165, 1.54) is 0 Å². The third-order valence-corrected chi connectivity index (χ3v) is 6.40. The van der Waals surface area contributed by atoms with Gasteiger partial charge < -0.3 is 19.9 Å². The van der Waals surface area contributed by atoms with Gasteiger partial charge in [-0.1, -0.05) is 65.8 Å². The fraction of sp³-hybridized carbons (Fsp3) is 0.267. The quantitative estimate of drug-likeness (QED) is 0.106. The Morgan fingerprint density at radius 3 is 2.62 bits per heavy atom. The number of rotatable bonds is 13. The summed E-state index contributed by atoms with van der Waals surface area (Å²) in [5, 5.41) is 15.7. The molecule has 1 aliphatic rings. The number of nitrogens with zero attached hydrogens (tertiary/aromatic N) is 4. The molecule has 1 aliphatic heterocycles. The third kappa shape index (κ3) is 6.46. The minimum Gasteiger partial charge on any atom is -0.494 e. The number of ether oxygens (including phenoxy) is 2. The Kier molecular flexibility index (Phi) is 9.34. The van der Waals surface area contributed by atoms with Gasteiger partial charge in [0, 0.05) is 36.5 Å². The summed E-state index contributed by atoms with van der Waals surface area (Å²) in [6, 6.07) is 24.4. The molecule has 0 bridgehead atoms. The van der Waals surface area contributed by atoms with Crippen LogP contribution in [-0.2, 0) is 22.5 Å². The van der Waals surface area contributed by atoms with Crippen molar-refractivity contribution in [1.29, 1.82) is 0 Å². The van der Waals surface area contributed by atoms with Crippen molar-refractivity contribution in [2.75, 3.05) is 19.8 Å². The first-order chi connectivity index (χ1) is 19.1.